The summed E-state index contributed by atoms with van der Waals surface area (Å²) in [6.45, 7) is 6.40. The van der Waals surface area contributed by atoms with Gasteiger partial charge in [-0.3, -0.25) is 9.59 Å². The van der Waals surface area contributed by atoms with Crippen LogP contribution in [0.3, 0.4) is 0 Å². The number of aliphatic hydroxyl groups excluding tert-OH is 2. The molecule has 69 heavy (non-hydrogen) atoms. The van der Waals surface area contributed by atoms with E-state index in [-0.39, 0.29) is 24.9 Å². The van der Waals surface area contributed by atoms with Crippen molar-refractivity contribution < 1.29 is 24.5 Å². The topological polar surface area (TPSA) is 95.9 Å². The maximum absolute atomic E-state index is 13.3. The van der Waals surface area contributed by atoms with E-state index >= 15 is 0 Å². The van der Waals surface area contributed by atoms with Crippen LogP contribution in [-0.2, 0) is 14.3 Å². The van der Waals surface area contributed by atoms with Crippen molar-refractivity contribution in [2.45, 2.75) is 334 Å². The summed E-state index contributed by atoms with van der Waals surface area (Å²) in [5.41, 5.74) is 0. The first-order valence-electron chi connectivity index (χ1n) is 30.4. The number of esters is 1. The highest BCUT2D eigenvalue weighted by atomic mass is 16.5. The van der Waals surface area contributed by atoms with Gasteiger partial charge >= 0.3 is 5.97 Å². The van der Waals surface area contributed by atoms with Crippen molar-refractivity contribution in [3.05, 3.63) is 48.6 Å². The number of allylic oxidation sites excluding steroid dienone is 8. The fourth-order valence-electron chi connectivity index (χ4n) is 9.32. The minimum Gasteiger partial charge on any atom is -0.462 e. The Morgan fingerprint density at radius 3 is 1.20 bits per heavy atom. The van der Waals surface area contributed by atoms with Crippen molar-refractivity contribution in [3.63, 3.8) is 0 Å². The lowest BCUT2D eigenvalue weighted by Crippen LogP contribution is -2.46. The molecule has 1 amide bonds. The molecule has 3 N–H and O–H groups in total. The maximum atomic E-state index is 13.3. The van der Waals surface area contributed by atoms with Crippen LogP contribution in [0.15, 0.2) is 48.6 Å². The molecule has 0 aliphatic rings. The van der Waals surface area contributed by atoms with Gasteiger partial charge in [-0.2, -0.15) is 0 Å². The number of unbranched alkanes of at least 4 members (excludes halogenated alkanes) is 35. The maximum Gasteiger partial charge on any atom is 0.306 e. The van der Waals surface area contributed by atoms with Crippen LogP contribution in [-0.4, -0.2) is 46.9 Å². The van der Waals surface area contributed by atoms with Gasteiger partial charge in [0.05, 0.1) is 25.2 Å². The van der Waals surface area contributed by atoms with Crippen LogP contribution in [0.25, 0.3) is 0 Å². The Kier molecular flexibility index (Phi) is 54.9. The van der Waals surface area contributed by atoms with Gasteiger partial charge in [0.15, 0.2) is 0 Å². The molecule has 3 atom stereocenters. The lowest BCUT2D eigenvalue weighted by molar-refractivity contribution is -0.151. The van der Waals surface area contributed by atoms with Crippen LogP contribution in [0.5, 0.6) is 0 Å². The van der Waals surface area contributed by atoms with Gasteiger partial charge in [0, 0.05) is 6.42 Å². The Labute approximate surface area is 429 Å². The molecular formula is C63H117NO5. The van der Waals surface area contributed by atoms with Crippen LogP contribution in [0.4, 0.5) is 0 Å². The Balaban J connectivity index is 4.51. The predicted molar refractivity (Wildman–Crippen MR) is 301 cm³/mol. The first kappa shape index (κ1) is 66.8. The summed E-state index contributed by atoms with van der Waals surface area (Å²) in [5.74, 6) is -0.485. The molecule has 0 bridgehead atoms. The fraction of sp³-hybridized carbons (Fsp3) is 0.841. The molecule has 0 heterocycles. The van der Waals surface area contributed by atoms with E-state index in [1.165, 1.54) is 180 Å². The van der Waals surface area contributed by atoms with E-state index in [9.17, 15) is 19.8 Å². The second-order valence-electron chi connectivity index (χ2n) is 20.7. The molecule has 0 saturated carbocycles. The lowest BCUT2D eigenvalue weighted by Gasteiger charge is -2.24. The smallest absolute Gasteiger partial charge is 0.306 e. The molecule has 0 aromatic rings. The van der Waals surface area contributed by atoms with Crippen LogP contribution in [0, 0.1) is 0 Å². The molecular weight excluding hydrogens is 851 g/mol. The Bertz CT molecular complexity index is 1180. The molecule has 0 fully saturated rings. The molecule has 6 nitrogen and oxygen atoms in total. The van der Waals surface area contributed by atoms with Crippen LogP contribution < -0.4 is 5.32 Å². The summed E-state index contributed by atoms with van der Waals surface area (Å²) in [4.78, 5) is 26.3. The van der Waals surface area contributed by atoms with E-state index in [0.717, 1.165) is 89.9 Å². The molecule has 0 aromatic heterocycles. The molecule has 0 spiro atoms. The van der Waals surface area contributed by atoms with Gasteiger partial charge in [0.1, 0.15) is 6.10 Å². The number of aliphatic hydroxyl groups is 2. The minimum absolute atomic E-state index is 0.0635. The molecule has 0 aliphatic heterocycles. The summed E-state index contributed by atoms with van der Waals surface area (Å²) in [6, 6.07) is -0.710. The average molecular weight is 969 g/mol. The van der Waals surface area contributed by atoms with Gasteiger partial charge in [-0.05, 0) is 83.5 Å². The van der Waals surface area contributed by atoms with Crippen molar-refractivity contribution in [2.75, 3.05) is 6.61 Å². The van der Waals surface area contributed by atoms with E-state index in [4.69, 9.17) is 4.74 Å². The number of ether oxygens (including phenoxy) is 1. The van der Waals surface area contributed by atoms with Crippen molar-refractivity contribution >= 4 is 11.9 Å². The van der Waals surface area contributed by atoms with Gasteiger partial charge in [-0.25, -0.2) is 0 Å². The highest BCUT2D eigenvalue weighted by Gasteiger charge is 2.24. The molecule has 0 aromatic carbocycles. The van der Waals surface area contributed by atoms with Crippen molar-refractivity contribution in [3.8, 4) is 0 Å². The Morgan fingerprint density at radius 2 is 0.783 bits per heavy atom. The third kappa shape index (κ3) is 52.0. The first-order valence-corrected chi connectivity index (χ1v) is 30.4. The van der Waals surface area contributed by atoms with Gasteiger partial charge < -0.3 is 20.3 Å². The molecule has 6 heteroatoms. The minimum atomic E-state index is -0.795. The molecule has 0 saturated heterocycles. The third-order valence-electron chi connectivity index (χ3n) is 13.9. The molecule has 0 rings (SSSR count). The van der Waals surface area contributed by atoms with E-state index in [1.54, 1.807) is 0 Å². The summed E-state index contributed by atoms with van der Waals surface area (Å²) in [6.07, 6.45) is 70.4. The highest BCUT2D eigenvalue weighted by molar-refractivity contribution is 5.77. The standard InChI is InChI=1S/C63H117NO5/c1-4-7-10-13-16-19-22-25-28-30-31-33-35-38-41-44-47-50-53-56-63(68)69-59(54-51-48-45-42-39-36-27-24-21-18-15-12-9-6-3)57-62(67)64-60(58-65)61(66)55-52-49-46-43-40-37-34-32-29-26-23-20-17-14-11-8-5-2/h9,12,18,21,25,27-28,36,59-61,65-66H,4-8,10-11,13-17,19-20,22-24,26,29-35,37-58H2,1-3H3,(H,64,67)/b12-9+,21-18+,28-25+,36-27+. The number of amides is 1. The SMILES string of the molecule is CC/C=C/C/C=C/C/C=C/CCCCCCC(CC(=O)NC(CO)C(O)CCCCCCCCCCCCCCCCCCC)OC(=O)CCCCCCCCCCC/C=C/CCCCCCCC. The van der Waals surface area contributed by atoms with E-state index in [0.29, 0.717) is 19.3 Å². The zero-order valence-electron chi connectivity index (χ0n) is 46.2. The quantitative estimate of drug-likeness (QED) is 0.0321. The van der Waals surface area contributed by atoms with Gasteiger partial charge in [-0.15, -0.1) is 0 Å². The Morgan fingerprint density at radius 1 is 0.435 bits per heavy atom. The second kappa shape index (κ2) is 56.7. The highest BCUT2D eigenvalue weighted by Crippen LogP contribution is 2.19. The number of nitrogens with one attached hydrogen (secondary N) is 1. The number of hydrogen-bond donors (Lipinski definition) is 3. The van der Waals surface area contributed by atoms with Crippen LogP contribution >= 0.6 is 0 Å². The zero-order valence-corrected chi connectivity index (χ0v) is 46.2. The van der Waals surface area contributed by atoms with Gasteiger partial charge in [-0.1, -0.05) is 268 Å². The fourth-order valence-corrected chi connectivity index (χ4v) is 9.32. The number of carbonyl (C=O) groups excluding carboxylic acids is 2. The monoisotopic (exact) mass is 968 g/mol. The van der Waals surface area contributed by atoms with Crippen molar-refractivity contribution in [2.24, 2.45) is 0 Å². The van der Waals surface area contributed by atoms with E-state index < -0.39 is 18.2 Å². The van der Waals surface area contributed by atoms with Crippen LogP contribution in [0.1, 0.15) is 316 Å². The molecule has 404 valence electrons. The molecule has 3 unspecified atom stereocenters. The van der Waals surface area contributed by atoms with Gasteiger partial charge in [0.2, 0.25) is 5.91 Å². The second-order valence-corrected chi connectivity index (χ2v) is 20.7. The normalized spacial score (nSPS) is 13.4. The number of carbonyl (C=O) groups is 2. The molecule has 0 aliphatic carbocycles. The number of hydrogen-bond acceptors (Lipinski definition) is 5. The summed E-state index contributed by atoms with van der Waals surface area (Å²) < 4.78 is 5.96. The largest absolute Gasteiger partial charge is 0.462 e. The van der Waals surface area contributed by atoms with Crippen molar-refractivity contribution in [1.82, 2.24) is 5.32 Å². The van der Waals surface area contributed by atoms with Gasteiger partial charge in [0.25, 0.3) is 0 Å². The first-order chi connectivity index (χ1) is 34.0. The average Bonchev–Trinajstić information content (AvgIpc) is 3.34. The lowest BCUT2D eigenvalue weighted by atomic mass is 10.0. The summed E-state index contributed by atoms with van der Waals surface area (Å²) in [5, 5.41) is 23.9. The van der Waals surface area contributed by atoms with Crippen LogP contribution in [0.2, 0.25) is 0 Å². The van der Waals surface area contributed by atoms with Crippen molar-refractivity contribution in [1.29, 1.82) is 0 Å². The Hall–Kier alpha value is -2.18. The number of rotatable bonds is 55. The third-order valence-corrected chi connectivity index (χ3v) is 13.9. The zero-order chi connectivity index (χ0) is 50.2. The molecule has 0 radical (unpaired) electrons. The van der Waals surface area contributed by atoms with E-state index in [2.05, 4.69) is 74.7 Å². The van der Waals surface area contributed by atoms with E-state index in [1.807, 2.05) is 0 Å². The summed E-state index contributed by atoms with van der Waals surface area (Å²) >= 11 is 0. The summed E-state index contributed by atoms with van der Waals surface area (Å²) in [7, 11) is 0. The predicted octanol–water partition coefficient (Wildman–Crippen LogP) is 19.0.